The fraction of sp³-hybridized carbons (Fsp3) is 0.750. The number of H-pyrrole nitrogens is 1. The molecule has 126 valence electrons. The third-order valence-electron chi connectivity index (χ3n) is 5.14. The van der Waals surface area contributed by atoms with E-state index in [9.17, 15) is 4.79 Å². The average Bonchev–Trinajstić information content (AvgIpc) is 3.22. The van der Waals surface area contributed by atoms with Gasteiger partial charge in [-0.05, 0) is 25.9 Å². The van der Waals surface area contributed by atoms with Gasteiger partial charge in [0, 0.05) is 17.7 Å². The molecule has 3 aliphatic heterocycles. The van der Waals surface area contributed by atoms with E-state index in [1.165, 1.54) is 19.3 Å². The van der Waals surface area contributed by atoms with Crippen molar-refractivity contribution in [2.75, 3.05) is 32.9 Å². The second-order valence-electron chi connectivity index (χ2n) is 6.61. The molecule has 2 saturated heterocycles. The zero-order chi connectivity index (χ0) is 15.6. The van der Waals surface area contributed by atoms with Gasteiger partial charge in [-0.25, -0.2) is 0 Å². The molecule has 1 aromatic heterocycles. The SMILES string of the molecule is O=C(N[C@@H]1COC[C@H]1N1CCCCC1)c1n[nH]c2c1COCC2. The van der Waals surface area contributed by atoms with Crippen LogP contribution in [0.15, 0.2) is 0 Å². The molecule has 4 rings (SSSR count). The number of aromatic amines is 1. The Bertz CT molecular complexity index is 568. The number of hydrogen-bond donors (Lipinski definition) is 2. The minimum Gasteiger partial charge on any atom is -0.378 e. The van der Waals surface area contributed by atoms with E-state index in [0.29, 0.717) is 32.1 Å². The lowest BCUT2D eigenvalue weighted by atomic mass is 10.0. The van der Waals surface area contributed by atoms with Crippen LogP contribution < -0.4 is 5.32 Å². The number of fused-ring (bicyclic) bond motifs is 1. The lowest BCUT2D eigenvalue weighted by Crippen LogP contribution is -2.52. The maximum absolute atomic E-state index is 12.6. The highest BCUT2D eigenvalue weighted by atomic mass is 16.5. The molecule has 2 N–H and O–H groups in total. The Balaban J connectivity index is 1.44. The first-order valence-corrected chi connectivity index (χ1v) is 8.59. The summed E-state index contributed by atoms with van der Waals surface area (Å²) in [5.41, 5.74) is 2.41. The molecule has 23 heavy (non-hydrogen) atoms. The summed E-state index contributed by atoms with van der Waals surface area (Å²) in [7, 11) is 0. The molecule has 2 atom stereocenters. The number of carbonyl (C=O) groups excluding carboxylic acids is 1. The summed E-state index contributed by atoms with van der Waals surface area (Å²) in [4.78, 5) is 15.1. The summed E-state index contributed by atoms with van der Waals surface area (Å²) in [6.07, 6.45) is 4.57. The van der Waals surface area contributed by atoms with Crippen molar-refractivity contribution < 1.29 is 14.3 Å². The number of hydrogen-bond acceptors (Lipinski definition) is 5. The van der Waals surface area contributed by atoms with Gasteiger partial charge in [0.05, 0.1) is 38.5 Å². The molecule has 1 aromatic rings. The first kappa shape index (κ1) is 15.1. The predicted molar refractivity (Wildman–Crippen MR) is 83.2 cm³/mol. The fourth-order valence-electron chi connectivity index (χ4n) is 3.83. The van der Waals surface area contributed by atoms with E-state index in [1.54, 1.807) is 0 Å². The lowest BCUT2D eigenvalue weighted by Gasteiger charge is -2.34. The monoisotopic (exact) mass is 320 g/mol. The van der Waals surface area contributed by atoms with E-state index >= 15 is 0 Å². The molecule has 7 nitrogen and oxygen atoms in total. The topological polar surface area (TPSA) is 79.5 Å². The van der Waals surface area contributed by atoms with Crippen molar-refractivity contribution in [1.29, 1.82) is 0 Å². The van der Waals surface area contributed by atoms with Crippen LogP contribution in [0, 0.1) is 0 Å². The Labute approximate surface area is 135 Å². The van der Waals surface area contributed by atoms with Crippen LogP contribution in [-0.4, -0.2) is 66.0 Å². The molecule has 0 aromatic carbocycles. The molecule has 0 spiro atoms. The van der Waals surface area contributed by atoms with E-state index in [4.69, 9.17) is 9.47 Å². The van der Waals surface area contributed by atoms with Crippen molar-refractivity contribution in [2.24, 2.45) is 0 Å². The third kappa shape index (κ3) is 3.00. The summed E-state index contributed by atoms with van der Waals surface area (Å²) in [6, 6.07) is 0.322. The van der Waals surface area contributed by atoms with E-state index in [0.717, 1.165) is 30.8 Å². The number of nitrogens with one attached hydrogen (secondary N) is 2. The Morgan fingerprint density at radius 1 is 1.22 bits per heavy atom. The number of likely N-dealkylation sites (tertiary alicyclic amines) is 1. The van der Waals surface area contributed by atoms with Crippen LogP contribution in [0.5, 0.6) is 0 Å². The number of nitrogens with zero attached hydrogens (tertiary/aromatic N) is 2. The molecule has 3 aliphatic rings. The second kappa shape index (κ2) is 6.59. The predicted octanol–water partition coefficient (Wildman–Crippen LogP) is 0.465. The maximum atomic E-state index is 12.6. The van der Waals surface area contributed by atoms with Crippen LogP contribution in [0.3, 0.4) is 0 Å². The third-order valence-corrected chi connectivity index (χ3v) is 5.14. The van der Waals surface area contributed by atoms with Gasteiger partial charge >= 0.3 is 0 Å². The minimum absolute atomic E-state index is 0.0393. The summed E-state index contributed by atoms with van der Waals surface area (Å²) in [5, 5.41) is 10.3. The molecule has 0 aliphatic carbocycles. The van der Waals surface area contributed by atoms with Crippen LogP contribution >= 0.6 is 0 Å². The van der Waals surface area contributed by atoms with Crippen LogP contribution in [0.1, 0.15) is 41.0 Å². The summed E-state index contributed by atoms with van der Waals surface area (Å²) in [5.74, 6) is -0.120. The van der Waals surface area contributed by atoms with E-state index in [-0.39, 0.29) is 18.0 Å². The number of carbonyl (C=O) groups is 1. The van der Waals surface area contributed by atoms with Crippen LogP contribution in [0.25, 0.3) is 0 Å². The normalized spacial score (nSPS) is 28.5. The van der Waals surface area contributed by atoms with Crippen molar-refractivity contribution in [3.63, 3.8) is 0 Å². The molecule has 1 amide bonds. The molecule has 0 radical (unpaired) electrons. The molecule has 7 heteroatoms. The van der Waals surface area contributed by atoms with Crippen LogP contribution in [-0.2, 0) is 22.5 Å². The summed E-state index contributed by atoms with van der Waals surface area (Å²) >= 11 is 0. The molecule has 0 saturated carbocycles. The van der Waals surface area contributed by atoms with Crippen LogP contribution in [0.2, 0.25) is 0 Å². The van der Waals surface area contributed by atoms with Crippen molar-refractivity contribution >= 4 is 5.91 Å². The Morgan fingerprint density at radius 3 is 2.96 bits per heavy atom. The highest BCUT2D eigenvalue weighted by molar-refractivity contribution is 5.94. The van der Waals surface area contributed by atoms with Crippen molar-refractivity contribution in [3.05, 3.63) is 17.0 Å². The summed E-state index contributed by atoms with van der Waals surface area (Å²) in [6.45, 7) is 4.63. The fourth-order valence-corrected chi connectivity index (χ4v) is 3.83. The van der Waals surface area contributed by atoms with Gasteiger partial charge < -0.3 is 14.8 Å². The average molecular weight is 320 g/mol. The van der Waals surface area contributed by atoms with E-state index in [1.807, 2.05) is 0 Å². The van der Waals surface area contributed by atoms with E-state index in [2.05, 4.69) is 20.4 Å². The molecule has 0 bridgehead atoms. The largest absolute Gasteiger partial charge is 0.378 e. The van der Waals surface area contributed by atoms with Gasteiger partial charge in [0.2, 0.25) is 0 Å². The number of amides is 1. The van der Waals surface area contributed by atoms with Crippen molar-refractivity contribution in [1.82, 2.24) is 20.4 Å². The number of aromatic nitrogens is 2. The van der Waals surface area contributed by atoms with Gasteiger partial charge in [-0.2, -0.15) is 5.10 Å². The van der Waals surface area contributed by atoms with Gasteiger partial charge in [0.1, 0.15) is 0 Å². The first-order chi connectivity index (χ1) is 11.3. The number of ether oxygens (including phenoxy) is 2. The molecular formula is C16H24N4O3. The molecule has 0 unspecified atom stereocenters. The maximum Gasteiger partial charge on any atom is 0.272 e. The first-order valence-electron chi connectivity index (χ1n) is 8.59. The smallest absolute Gasteiger partial charge is 0.272 e. The Morgan fingerprint density at radius 2 is 2.09 bits per heavy atom. The standard InChI is InChI=1S/C16H24N4O3/c21-16(15-11-8-22-7-4-12(11)18-19-15)17-13-9-23-10-14(13)20-5-2-1-3-6-20/h13-14H,1-10H2,(H,17,21)(H,18,19)/t13-,14-/m1/s1. The molecular weight excluding hydrogens is 296 g/mol. The lowest BCUT2D eigenvalue weighted by molar-refractivity contribution is 0.0876. The zero-order valence-corrected chi connectivity index (χ0v) is 13.3. The van der Waals surface area contributed by atoms with Gasteiger partial charge in [0.25, 0.3) is 5.91 Å². The molecule has 4 heterocycles. The van der Waals surface area contributed by atoms with Gasteiger partial charge in [-0.15, -0.1) is 0 Å². The van der Waals surface area contributed by atoms with Crippen LogP contribution in [0.4, 0.5) is 0 Å². The Kier molecular flexibility index (Phi) is 4.33. The summed E-state index contributed by atoms with van der Waals surface area (Å²) < 4.78 is 11.1. The second-order valence-corrected chi connectivity index (χ2v) is 6.61. The van der Waals surface area contributed by atoms with Gasteiger partial charge in [0.15, 0.2) is 5.69 Å². The Hall–Kier alpha value is -1.44. The number of piperidine rings is 1. The van der Waals surface area contributed by atoms with Gasteiger partial charge in [-0.3, -0.25) is 14.8 Å². The highest BCUT2D eigenvalue weighted by Gasteiger charge is 2.35. The molecule has 2 fully saturated rings. The quantitative estimate of drug-likeness (QED) is 0.846. The van der Waals surface area contributed by atoms with E-state index < -0.39 is 0 Å². The number of rotatable bonds is 3. The van der Waals surface area contributed by atoms with Crippen molar-refractivity contribution in [2.45, 2.75) is 44.4 Å². The zero-order valence-electron chi connectivity index (χ0n) is 13.3. The minimum atomic E-state index is -0.120. The van der Waals surface area contributed by atoms with Crippen molar-refractivity contribution in [3.8, 4) is 0 Å². The highest BCUT2D eigenvalue weighted by Crippen LogP contribution is 2.21. The van der Waals surface area contributed by atoms with Gasteiger partial charge in [-0.1, -0.05) is 6.42 Å².